The van der Waals surface area contributed by atoms with Crippen molar-refractivity contribution in [3.63, 3.8) is 0 Å². The van der Waals surface area contributed by atoms with Gasteiger partial charge in [0.25, 0.3) is 0 Å². The van der Waals surface area contributed by atoms with Crippen LogP contribution in [0.3, 0.4) is 0 Å². The summed E-state index contributed by atoms with van der Waals surface area (Å²) in [4.78, 5) is 18.5. The highest BCUT2D eigenvalue weighted by Crippen LogP contribution is 2.24. The highest BCUT2D eigenvalue weighted by Gasteiger charge is 2.32. The van der Waals surface area contributed by atoms with E-state index in [4.69, 9.17) is 4.74 Å². The minimum absolute atomic E-state index is 0.0280. The van der Waals surface area contributed by atoms with E-state index in [0.29, 0.717) is 13.0 Å². The number of imidazole rings is 1. The minimum Gasteiger partial charge on any atom is -0.394 e. The summed E-state index contributed by atoms with van der Waals surface area (Å²) in [5, 5.41) is 9.58. The number of aliphatic hydroxyl groups is 1. The molecule has 2 aliphatic rings. The van der Waals surface area contributed by atoms with Gasteiger partial charge in [0.15, 0.2) is 0 Å². The molecular formula is C15H23N3O3. The van der Waals surface area contributed by atoms with Gasteiger partial charge in [-0.15, -0.1) is 0 Å². The molecule has 0 radical (unpaired) electrons. The van der Waals surface area contributed by atoms with E-state index >= 15 is 0 Å². The number of aromatic nitrogens is 2. The fraction of sp³-hybridized carbons (Fsp3) is 0.733. The van der Waals surface area contributed by atoms with Crippen LogP contribution in [0.1, 0.15) is 37.1 Å². The molecule has 1 saturated carbocycles. The maximum Gasteiger partial charge on any atom is 0.249 e. The van der Waals surface area contributed by atoms with Crippen molar-refractivity contribution in [3.05, 3.63) is 17.7 Å². The summed E-state index contributed by atoms with van der Waals surface area (Å²) in [6.07, 6.45) is 7.15. The van der Waals surface area contributed by atoms with Crippen molar-refractivity contribution in [3.8, 4) is 0 Å². The SMILES string of the molecule is Cn1cnc2c1C[C@@H](CO)N(C(=O)COC1CCCC1)C2. The maximum absolute atomic E-state index is 12.4. The van der Waals surface area contributed by atoms with Crippen LogP contribution in [0.25, 0.3) is 0 Å². The zero-order chi connectivity index (χ0) is 14.8. The van der Waals surface area contributed by atoms with Gasteiger partial charge in [-0.3, -0.25) is 4.79 Å². The molecule has 1 aliphatic heterocycles. The largest absolute Gasteiger partial charge is 0.394 e. The van der Waals surface area contributed by atoms with Crippen molar-refractivity contribution in [2.45, 2.75) is 50.8 Å². The molecule has 3 rings (SSSR count). The van der Waals surface area contributed by atoms with Crippen molar-refractivity contribution in [2.24, 2.45) is 7.05 Å². The number of carbonyl (C=O) groups is 1. The number of aliphatic hydroxyl groups excluding tert-OH is 1. The molecular weight excluding hydrogens is 270 g/mol. The Balaban J connectivity index is 1.64. The summed E-state index contributed by atoms with van der Waals surface area (Å²) in [6, 6.07) is -0.174. The van der Waals surface area contributed by atoms with Crippen LogP contribution in [0.2, 0.25) is 0 Å². The van der Waals surface area contributed by atoms with Crippen LogP contribution in [-0.2, 0) is 29.5 Å². The Labute approximate surface area is 124 Å². The summed E-state index contributed by atoms with van der Waals surface area (Å²) in [6.45, 7) is 0.553. The molecule has 0 spiro atoms. The van der Waals surface area contributed by atoms with Gasteiger partial charge in [0.2, 0.25) is 5.91 Å². The molecule has 1 fully saturated rings. The van der Waals surface area contributed by atoms with Crippen molar-refractivity contribution in [2.75, 3.05) is 13.2 Å². The minimum atomic E-state index is -0.174. The second-order valence-electron chi connectivity index (χ2n) is 6.03. The van der Waals surface area contributed by atoms with Crippen LogP contribution >= 0.6 is 0 Å². The smallest absolute Gasteiger partial charge is 0.249 e. The number of hydrogen-bond acceptors (Lipinski definition) is 4. The van der Waals surface area contributed by atoms with Crippen molar-refractivity contribution in [1.82, 2.24) is 14.5 Å². The Morgan fingerprint density at radius 3 is 2.95 bits per heavy atom. The lowest BCUT2D eigenvalue weighted by Gasteiger charge is -2.34. The van der Waals surface area contributed by atoms with E-state index in [-0.39, 0.29) is 31.3 Å². The molecule has 1 N–H and O–H groups in total. The predicted octanol–water partition coefficient (Wildman–Crippen LogP) is 0.625. The molecule has 2 heterocycles. The van der Waals surface area contributed by atoms with Crippen LogP contribution in [0.15, 0.2) is 6.33 Å². The second kappa shape index (κ2) is 6.15. The van der Waals surface area contributed by atoms with Crippen molar-refractivity contribution < 1.29 is 14.6 Å². The van der Waals surface area contributed by atoms with E-state index in [1.54, 1.807) is 11.2 Å². The number of ether oxygens (including phenoxy) is 1. The van der Waals surface area contributed by atoms with Crippen molar-refractivity contribution in [1.29, 1.82) is 0 Å². The molecule has 6 heteroatoms. The van der Waals surface area contributed by atoms with E-state index < -0.39 is 0 Å². The first kappa shape index (κ1) is 14.5. The van der Waals surface area contributed by atoms with Crippen LogP contribution in [-0.4, -0.2) is 50.8 Å². The normalized spacial score (nSPS) is 22.6. The molecule has 0 aromatic carbocycles. The lowest BCUT2D eigenvalue weighted by molar-refractivity contribution is -0.142. The fourth-order valence-electron chi connectivity index (χ4n) is 3.30. The Kier molecular flexibility index (Phi) is 4.26. The topological polar surface area (TPSA) is 67.6 Å². The lowest BCUT2D eigenvalue weighted by Crippen LogP contribution is -2.48. The number of carbonyl (C=O) groups excluding carboxylic acids is 1. The van der Waals surface area contributed by atoms with Crippen LogP contribution in [0.5, 0.6) is 0 Å². The number of fused-ring (bicyclic) bond motifs is 1. The summed E-state index contributed by atoms with van der Waals surface area (Å²) in [5.74, 6) is -0.0442. The van der Waals surface area contributed by atoms with Gasteiger partial charge in [0.05, 0.1) is 37.3 Å². The van der Waals surface area contributed by atoms with Gasteiger partial charge in [0, 0.05) is 19.2 Å². The number of aryl methyl sites for hydroxylation is 1. The van der Waals surface area contributed by atoms with E-state index in [2.05, 4.69) is 4.98 Å². The third-order valence-electron chi connectivity index (χ3n) is 4.61. The molecule has 1 aromatic rings. The summed E-state index contributed by atoms with van der Waals surface area (Å²) in [7, 11) is 1.95. The average Bonchev–Trinajstić information content (AvgIpc) is 3.14. The van der Waals surface area contributed by atoms with E-state index in [1.165, 1.54) is 12.8 Å². The highest BCUT2D eigenvalue weighted by atomic mass is 16.5. The molecule has 1 atom stereocenters. The molecule has 6 nitrogen and oxygen atoms in total. The van der Waals surface area contributed by atoms with Gasteiger partial charge in [-0.05, 0) is 12.8 Å². The summed E-state index contributed by atoms with van der Waals surface area (Å²) in [5.41, 5.74) is 2.03. The van der Waals surface area contributed by atoms with Crippen LogP contribution in [0, 0.1) is 0 Å². The first-order valence-electron chi connectivity index (χ1n) is 7.70. The van der Waals surface area contributed by atoms with E-state index in [0.717, 1.165) is 24.2 Å². The van der Waals surface area contributed by atoms with Gasteiger partial charge in [-0.25, -0.2) is 4.98 Å². The molecule has 1 amide bonds. The Morgan fingerprint density at radius 2 is 2.24 bits per heavy atom. The molecule has 1 aromatic heterocycles. The molecule has 1 aliphatic carbocycles. The van der Waals surface area contributed by atoms with Gasteiger partial charge < -0.3 is 19.3 Å². The standard InChI is InChI=1S/C15H23N3O3/c1-17-10-16-13-7-18(11(8-19)6-14(13)17)15(20)9-21-12-4-2-3-5-12/h10-12,19H,2-9H2,1H3/t11-/m0/s1. The van der Waals surface area contributed by atoms with Crippen molar-refractivity contribution >= 4 is 5.91 Å². The van der Waals surface area contributed by atoms with Crippen LogP contribution in [0.4, 0.5) is 0 Å². The van der Waals surface area contributed by atoms with Gasteiger partial charge in [-0.2, -0.15) is 0 Å². The number of rotatable bonds is 4. The Bertz CT molecular complexity index is 508. The predicted molar refractivity (Wildman–Crippen MR) is 76.5 cm³/mol. The Hall–Kier alpha value is -1.40. The number of nitrogens with zero attached hydrogens (tertiary/aromatic N) is 3. The van der Waals surface area contributed by atoms with Gasteiger partial charge in [-0.1, -0.05) is 12.8 Å². The molecule has 21 heavy (non-hydrogen) atoms. The quantitative estimate of drug-likeness (QED) is 0.884. The number of amides is 1. The first-order valence-corrected chi connectivity index (χ1v) is 7.70. The third kappa shape index (κ3) is 2.96. The second-order valence-corrected chi connectivity index (χ2v) is 6.03. The maximum atomic E-state index is 12.4. The van der Waals surface area contributed by atoms with E-state index in [1.807, 2.05) is 11.6 Å². The third-order valence-corrected chi connectivity index (χ3v) is 4.61. The summed E-state index contributed by atoms with van der Waals surface area (Å²) >= 11 is 0. The highest BCUT2D eigenvalue weighted by molar-refractivity contribution is 5.78. The Morgan fingerprint density at radius 1 is 1.48 bits per heavy atom. The molecule has 116 valence electrons. The van der Waals surface area contributed by atoms with Gasteiger partial charge in [0.1, 0.15) is 6.61 Å². The first-order chi connectivity index (χ1) is 10.2. The zero-order valence-electron chi connectivity index (χ0n) is 12.5. The molecule has 0 saturated heterocycles. The van der Waals surface area contributed by atoms with Crippen LogP contribution < -0.4 is 0 Å². The molecule has 0 unspecified atom stereocenters. The van der Waals surface area contributed by atoms with Gasteiger partial charge >= 0.3 is 0 Å². The fourth-order valence-corrected chi connectivity index (χ4v) is 3.30. The zero-order valence-corrected chi connectivity index (χ0v) is 12.5. The van der Waals surface area contributed by atoms with E-state index in [9.17, 15) is 9.90 Å². The monoisotopic (exact) mass is 293 g/mol. The lowest BCUT2D eigenvalue weighted by atomic mass is 10.0. The summed E-state index contributed by atoms with van der Waals surface area (Å²) < 4.78 is 7.67. The number of hydrogen-bond donors (Lipinski definition) is 1. The molecule has 0 bridgehead atoms. The average molecular weight is 293 g/mol.